The van der Waals surface area contributed by atoms with Crippen LogP contribution in [0, 0.1) is 11.6 Å². The number of anilines is 1. The summed E-state index contributed by atoms with van der Waals surface area (Å²) in [6.07, 6.45) is 0. The topological polar surface area (TPSA) is 35.6 Å². The van der Waals surface area contributed by atoms with Crippen molar-refractivity contribution in [2.75, 3.05) is 11.6 Å². The van der Waals surface area contributed by atoms with Crippen molar-refractivity contribution in [3.63, 3.8) is 0 Å². The van der Waals surface area contributed by atoms with Gasteiger partial charge in [0.05, 0.1) is 12.4 Å². The van der Waals surface area contributed by atoms with Gasteiger partial charge in [-0.05, 0) is 12.1 Å². The summed E-state index contributed by atoms with van der Waals surface area (Å²) >= 11 is 17.3. The molecule has 10 heteroatoms. The van der Waals surface area contributed by atoms with Gasteiger partial charge in [0.15, 0.2) is 11.6 Å². The molecule has 1 saturated heterocycles. The minimum Gasteiger partial charge on any atom is -0.277 e. The lowest BCUT2D eigenvalue weighted by atomic mass is 10.3. The summed E-state index contributed by atoms with van der Waals surface area (Å²) in [7, 11) is 0. The minimum absolute atomic E-state index is 0.0532. The zero-order chi connectivity index (χ0) is 14.2. The van der Waals surface area contributed by atoms with Crippen molar-refractivity contribution < 1.29 is 13.6 Å². The van der Waals surface area contributed by atoms with Gasteiger partial charge >= 0.3 is 6.03 Å². The second-order valence-electron chi connectivity index (χ2n) is 3.46. The molecular weight excluding hydrogens is 343 g/mol. The Bertz CT molecular complexity index is 514. The summed E-state index contributed by atoms with van der Waals surface area (Å²) in [5.74, 6) is -2.03. The standard InChI is InChI=1S/C9H6Cl3F2N3OS/c10-9(11,12)19-17-8(18)16(4-15-17)5-1-2-6(13)7(14)3-5/h1-3,15H,4H2. The van der Waals surface area contributed by atoms with E-state index in [9.17, 15) is 13.6 Å². The van der Waals surface area contributed by atoms with Crippen LogP contribution in [0.1, 0.15) is 0 Å². The molecule has 0 aromatic heterocycles. The molecule has 0 saturated carbocycles. The highest BCUT2D eigenvalue weighted by Crippen LogP contribution is 2.41. The SMILES string of the molecule is O=C1N(SC(Cl)(Cl)Cl)NCN1c1ccc(F)c(F)c1. The smallest absolute Gasteiger partial charge is 0.277 e. The van der Waals surface area contributed by atoms with Gasteiger partial charge in [0.1, 0.15) is 0 Å². The fourth-order valence-corrected chi connectivity index (χ4v) is 2.54. The highest BCUT2D eigenvalue weighted by Gasteiger charge is 2.36. The molecule has 1 aliphatic heterocycles. The zero-order valence-corrected chi connectivity index (χ0v) is 12.1. The Kier molecular flexibility index (Phi) is 4.32. The molecule has 0 spiro atoms. The van der Waals surface area contributed by atoms with Crippen LogP contribution < -0.4 is 10.3 Å². The number of hydrogen-bond acceptors (Lipinski definition) is 3. The molecule has 1 aromatic rings. The van der Waals surface area contributed by atoms with E-state index in [1.807, 2.05) is 0 Å². The van der Waals surface area contributed by atoms with Crippen LogP contribution in [-0.4, -0.2) is 20.2 Å². The fraction of sp³-hybridized carbons (Fsp3) is 0.222. The first-order valence-corrected chi connectivity index (χ1v) is 6.75. The number of carbonyl (C=O) groups excluding carboxylic acids is 1. The summed E-state index contributed by atoms with van der Waals surface area (Å²) in [4.78, 5) is 13.1. The predicted octanol–water partition coefficient (Wildman–Crippen LogP) is 3.64. The van der Waals surface area contributed by atoms with Crippen LogP contribution >= 0.6 is 46.8 Å². The third-order valence-electron chi connectivity index (χ3n) is 2.19. The van der Waals surface area contributed by atoms with Crippen molar-refractivity contribution in [3.05, 3.63) is 29.8 Å². The number of carbonyl (C=O) groups is 1. The summed E-state index contributed by atoms with van der Waals surface area (Å²) in [6.45, 7) is 0.0532. The predicted molar refractivity (Wildman–Crippen MR) is 72.0 cm³/mol. The van der Waals surface area contributed by atoms with Crippen molar-refractivity contribution in [2.24, 2.45) is 0 Å². The molecule has 2 amide bonds. The van der Waals surface area contributed by atoms with Gasteiger partial charge in [0.25, 0.3) is 3.12 Å². The van der Waals surface area contributed by atoms with Crippen LogP contribution in [0.2, 0.25) is 0 Å². The average Bonchev–Trinajstić information content (AvgIpc) is 2.63. The molecule has 19 heavy (non-hydrogen) atoms. The number of alkyl halides is 3. The van der Waals surface area contributed by atoms with Gasteiger partial charge in [-0.2, -0.15) is 9.84 Å². The first kappa shape index (κ1) is 14.9. The Hall–Kier alpha value is -0.470. The first-order valence-electron chi connectivity index (χ1n) is 4.84. The maximum absolute atomic E-state index is 13.1. The number of urea groups is 1. The first-order chi connectivity index (χ1) is 8.78. The average molecular weight is 349 g/mol. The van der Waals surface area contributed by atoms with Gasteiger partial charge in [-0.15, -0.1) is 0 Å². The van der Waals surface area contributed by atoms with Crippen molar-refractivity contribution in [2.45, 2.75) is 3.12 Å². The lowest BCUT2D eigenvalue weighted by molar-refractivity contribution is 0.236. The van der Waals surface area contributed by atoms with Gasteiger partial charge in [0, 0.05) is 18.0 Å². The van der Waals surface area contributed by atoms with E-state index in [0.717, 1.165) is 16.5 Å². The lowest BCUT2D eigenvalue weighted by Gasteiger charge is -2.19. The minimum atomic E-state index is -1.72. The largest absolute Gasteiger partial charge is 0.350 e. The van der Waals surface area contributed by atoms with Gasteiger partial charge in [-0.3, -0.25) is 4.90 Å². The molecule has 104 valence electrons. The number of amides is 2. The second-order valence-corrected chi connectivity index (χ2v) is 7.57. The Morgan fingerprint density at radius 3 is 2.53 bits per heavy atom. The molecule has 0 unspecified atom stereocenters. The Morgan fingerprint density at radius 1 is 1.26 bits per heavy atom. The van der Waals surface area contributed by atoms with Crippen LogP contribution in [0.25, 0.3) is 0 Å². The molecule has 1 aliphatic rings. The quantitative estimate of drug-likeness (QED) is 0.655. The Morgan fingerprint density at radius 2 is 1.95 bits per heavy atom. The Balaban J connectivity index is 2.15. The van der Waals surface area contributed by atoms with Crippen molar-refractivity contribution in [3.8, 4) is 0 Å². The number of nitrogens with one attached hydrogen (secondary N) is 1. The van der Waals surface area contributed by atoms with Gasteiger partial charge in [-0.1, -0.05) is 34.8 Å². The molecule has 0 aliphatic carbocycles. The van der Waals surface area contributed by atoms with E-state index in [1.54, 1.807) is 0 Å². The molecule has 1 N–H and O–H groups in total. The molecule has 4 nitrogen and oxygen atoms in total. The summed E-state index contributed by atoms with van der Waals surface area (Å²) in [5, 5.41) is 0. The van der Waals surface area contributed by atoms with Crippen LogP contribution in [0.4, 0.5) is 19.3 Å². The van der Waals surface area contributed by atoms with Crippen LogP contribution in [-0.2, 0) is 0 Å². The lowest BCUT2D eigenvalue weighted by Crippen LogP contribution is -2.31. The maximum atomic E-state index is 13.1. The van der Waals surface area contributed by atoms with Crippen molar-refractivity contribution >= 4 is 58.5 Å². The summed E-state index contributed by atoms with van der Waals surface area (Å²) < 4.78 is 25.2. The maximum Gasteiger partial charge on any atom is 0.350 e. The van der Waals surface area contributed by atoms with Crippen molar-refractivity contribution in [1.82, 2.24) is 9.84 Å². The molecular formula is C9H6Cl3F2N3OS. The van der Waals surface area contributed by atoms with E-state index >= 15 is 0 Å². The number of hydrazine groups is 1. The summed E-state index contributed by atoms with van der Waals surface area (Å²) in [5.41, 5.74) is 2.85. The molecule has 0 atom stereocenters. The number of nitrogens with zero attached hydrogens (tertiary/aromatic N) is 2. The van der Waals surface area contributed by atoms with Gasteiger partial charge < -0.3 is 0 Å². The van der Waals surface area contributed by atoms with E-state index in [4.69, 9.17) is 34.8 Å². The third kappa shape index (κ3) is 3.55. The van der Waals surface area contributed by atoms with Gasteiger partial charge in [-0.25, -0.2) is 13.6 Å². The molecule has 1 fully saturated rings. The zero-order valence-electron chi connectivity index (χ0n) is 9.04. The normalized spacial score (nSPS) is 16.4. The molecule has 1 aromatic carbocycles. The van der Waals surface area contributed by atoms with Crippen LogP contribution in [0.5, 0.6) is 0 Å². The monoisotopic (exact) mass is 347 g/mol. The molecule has 0 radical (unpaired) electrons. The highest BCUT2D eigenvalue weighted by molar-refractivity contribution is 8.03. The van der Waals surface area contributed by atoms with E-state index in [2.05, 4.69) is 5.43 Å². The fourth-order valence-electron chi connectivity index (χ4n) is 1.41. The van der Waals surface area contributed by atoms with Crippen LogP contribution in [0.15, 0.2) is 18.2 Å². The Labute approximate surface area is 126 Å². The van der Waals surface area contributed by atoms with Crippen LogP contribution in [0.3, 0.4) is 0 Å². The molecule has 0 bridgehead atoms. The third-order valence-corrected chi connectivity index (χ3v) is 3.48. The molecule has 2 rings (SSSR count). The number of halogens is 5. The number of rotatable bonds is 2. The van der Waals surface area contributed by atoms with E-state index in [1.165, 1.54) is 11.0 Å². The van der Waals surface area contributed by atoms with Gasteiger partial charge in [0.2, 0.25) is 0 Å². The van der Waals surface area contributed by atoms with E-state index in [0.29, 0.717) is 11.9 Å². The highest BCUT2D eigenvalue weighted by atomic mass is 35.6. The molecule has 1 heterocycles. The summed E-state index contributed by atoms with van der Waals surface area (Å²) in [6, 6.07) is 2.57. The van der Waals surface area contributed by atoms with E-state index < -0.39 is 20.8 Å². The number of benzene rings is 1. The van der Waals surface area contributed by atoms with E-state index in [-0.39, 0.29) is 12.4 Å². The van der Waals surface area contributed by atoms with Crippen molar-refractivity contribution in [1.29, 1.82) is 0 Å². The number of hydrogen-bond donors (Lipinski definition) is 1. The second kappa shape index (κ2) is 5.49.